The molecule has 1 aromatic carbocycles. The molecular weight excluding hydrogens is 238 g/mol. The van der Waals surface area contributed by atoms with E-state index in [1.165, 1.54) is 19.3 Å². The monoisotopic (exact) mass is 261 g/mol. The molecule has 0 bridgehead atoms. The van der Waals surface area contributed by atoms with Gasteiger partial charge in [0.15, 0.2) is 0 Å². The topological polar surface area (TPSA) is 49.3 Å². The summed E-state index contributed by atoms with van der Waals surface area (Å²) < 4.78 is 0. The molecule has 3 nitrogen and oxygen atoms in total. The first kappa shape index (κ1) is 14.1. The van der Waals surface area contributed by atoms with Crippen LogP contribution in [0.4, 0.5) is 0 Å². The number of carboxylic acids is 1. The number of rotatable bonds is 6. The van der Waals surface area contributed by atoms with Crippen molar-refractivity contribution < 1.29 is 9.90 Å². The molecule has 0 spiro atoms. The normalized spacial score (nSPS) is 16.1. The second-order valence-corrected chi connectivity index (χ2v) is 6.23. The SMILES string of the molecule is CC(C)(CNCc1cccc(C(=O)O)c1)C1CCC1. The van der Waals surface area contributed by atoms with E-state index in [1.54, 1.807) is 18.2 Å². The van der Waals surface area contributed by atoms with Gasteiger partial charge in [-0.2, -0.15) is 0 Å². The van der Waals surface area contributed by atoms with Gasteiger partial charge in [-0.15, -0.1) is 0 Å². The van der Waals surface area contributed by atoms with E-state index < -0.39 is 5.97 Å². The second kappa shape index (κ2) is 5.74. The molecule has 0 atom stereocenters. The van der Waals surface area contributed by atoms with Crippen molar-refractivity contribution in [2.45, 2.75) is 39.7 Å². The van der Waals surface area contributed by atoms with Gasteiger partial charge in [-0.25, -0.2) is 4.79 Å². The molecule has 2 N–H and O–H groups in total. The highest BCUT2D eigenvalue weighted by Gasteiger charge is 2.33. The Morgan fingerprint density at radius 2 is 2.16 bits per heavy atom. The van der Waals surface area contributed by atoms with Crippen LogP contribution in [-0.2, 0) is 6.54 Å². The summed E-state index contributed by atoms with van der Waals surface area (Å²) in [4.78, 5) is 10.9. The fraction of sp³-hybridized carbons (Fsp3) is 0.562. The Kier molecular flexibility index (Phi) is 4.25. The minimum absolute atomic E-state index is 0.336. The summed E-state index contributed by atoms with van der Waals surface area (Å²) >= 11 is 0. The average Bonchev–Trinajstić information content (AvgIpc) is 2.26. The summed E-state index contributed by atoms with van der Waals surface area (Å²) in [5, 5.41) is 12.4. The van der Waals surface area contributed by atoms with E-state index in [9.17, 15) is 4.79 Å². The van der Waals surface area contributed by atoms with Crippen molar-refractivity contribution in [2.24, 2.45) is 11.3 Å². The maximum absolute atomic E-state index is 10.9. The molecule has 0 heterocycles. The van der Waals surface area contributed by atoms with E-state index in [1.807, 2.05) is 6.07 Å². The van der Waals surface area contributed by atoms with Crippen LogP contribution >= 0.6 is 0 Å². The van der Waals surface area contributed by atoms with E-state index >= 15 is 0 Å². The van der Waals surface area contributed by atoms with Crippen molar-refractivity contribution in [2.75, 3.05) is 6.54 Å². The number of hydrogen-bond acceptors (Lipinski definition) is 2. The van der Waals surface area contributed by atoms with Gasteiger partial charge in [0.05, 0.1) is 5.56 Å². The van der Waals surface area contributed by atoms with Crippen molar-refractivity contribution in [3.63, 3.8) is 0 Å². The van der Waals surface area contributed by atoms with Crippen LogP contribution in [0.2, 0.25) is 0 Å². The highest BCUT2D eigenvalue weighted by Crippen LogP contribution is 2.41. The third-order valence-electron chi connectivity index (χ3n) is 4.29. The number of aromatic carboxylic acids is 1. The molecule has 19 heavy (non-hydrogen) atoms. The second-order valence-electron chi connectivity index (χ2n) is 6.23. The highest BCUT2D eigenvalue weighted by molar-refractivity contribution is 5.87. The van der Waals surface area contributed by atoms with Crippen molar-refractivity contribution in [3.05, 3.63) is 35.4 Å². The number of carboxylic acid groups (broad SMARTS) is 1. The molecule has 3 heteroatoms. The van der Waals surface area contributed by atoms with Gasteiger partial charge in [-0.3, -0.25) is 0 Å². The summed E-state index contributed by atoms with van der Waals surface area (Å²) in [5.41, 5.74) is 1.73. The van der Waals surface area contributed by atoms with Crippen molar-refractivity contribution in [1.82, 2.24) is 5.32 Å². The third-order valence-corrected chi connectivity index (χ3v) is 4.29. The Morgan fingerprint density at radius 1 is 1.42 bits per heavy atom. The minimum atomic E-state index is -0.864. The quantitative estimate of drug-likeness (QED) is 0.826. The zero-order valence-corrected chi connectivity index (χ0v) is 11.8. The van der Waals surface area contributed by atoms with E-state index in [-0.39, 0.29) is 0 Å². The molecule has 0 amide bonds. The number of benzene rings is 1. The molecule has 2 rings (SSSR count). The van der Waals surface area contributed by atoms with Crippen LogP contribution in [0.3, 0.4) is 0 Å². The van der Waals surface area contributed by atoms with Crippen LogP contribution in [0, 0.1) is 11.3 Å². The Hall–Kier alpha value is -1.35. The molecule has 1 aromatic rings. The Bertz CT molecular complexity index is 450. The van der Waals surface area contributed by atoms with Gasteiger partial charge < -0.3 is 10.4 Å². The first-order valence-corrected chi connectivity index (χ1v) is 7.02. The number of carbonyl (C=O) groups is 1. The zero-order chi connectivity index (χ0) is 13.9. The van der Waals surface area contributed by atoms with E-state index in [0.29, 0.717) is 11.0 Å². The van der Waals surface area contributed by atoms with Crippen molar-refractivity contribution in [3.8, 4) is 0 Å². The maximum Gasteiger partial charge on any atom is 0.335 e. The van der Waals surface area contributed by atoms with Crippen LogP contribution in [0.25, 0.3) is 0 Å². The molecule has 0 saturated heterocycles. The summed E-state index contributed by atoms with van der Waals surface area (Å²) in [6, 6.07) is 7.14. The van der Waals surface area contributed by atoms with Gasteiger partial charge in [0.25, 0.3) is 0 Å². The van der Waals surface area contributed by atoms with Crippen LogP contribution in [0.1, 0.15) is 49.0 Å². The average molecular weight is 261 g/mol. The first-order chi connectivity index (χ1) is 8.99. The fourth-order valence-electron chi connectivity index (χ4n) is 2.68. The van der Waals surface area contributed by atoms with Crippen molar-refractivity contribution >= 4 is 5.97 Å². The summed E-state index contributed by atoms with van der Waals surface area (Å²) in [5.74, 6) is -0.0259. The van der Waals surface area contributed by atoms with Gasteiger partial charge in [0.1, 0.15) is 0 Å². The molecule has 0 unspecified atom stereocenters. The Labute approximate surface area is 115 Å². The van der Waals surface area contributed by atoms with Crippen LogP contribution in [0.15, 0.2) is 24.3 Å². The zero-order valence-electron chi connectivity index (χ0n) is 11.8. The lowest BCUT2D eigenvalue weighted by atomic mass is 9.67. The van der Waals surface area contributed by atoms with E-state index in [0.717, 1.165) is 24.6 Å². The Morgan fingerprint density at radius 3 is 2.74 bits per heavy atom. The van der Waals surface area contributed by atoms with Crippen LogP contribution in [-0.4, -0.2) is 17.6 Å². The maximum atomic E-state index is 10.9. The fourth-order valence-corrected chi connectivity index (χ4v) is 2.68. The molecule has 1 saturated carbocycles. The lowest BCUT2D eigenvalue weighted by molar-refractivity contribution is 0.0696. The van der Waals surface area contributed by atoms with Crippen LogP contribution < -0.4 is 5.32 Å². The summed E-state index contributed by atoms with van der Waals surface area (Å²) in [7, 11) is 0. The lowest BCUT2D eigenvalue weighted by Crippen LogP contribution is -2.38. The van der Waals surface area contributed by atoms with Crippen LogP contribution in [0.5, 0.6) is 0 Å². The minimum Gasteiger partial charge on any atom is -0.478 e. The predicted octanol–water partition coefficient (Wildman–Crippen LogP) is 3.30. The first-order valence-electron chi connectivity index (χ1n) is 7.02. The lowest BCUT2D eigenvalue weighted by Gasteiger charge is -2.40. The van der Waals surface area contributed by atoms with Gasteiger partial charge in [0.2, 0.25) is 0 Å². The molecule has 1 aliphatic carbocycles. The number of nitrogens with one attached hydrogen (secondary N) is 1. The third kappa shape index (κ3) is 3.57. The molecular formula is C16H23NO2. The molecule has 104 valence electrons. The van der Waals surface area contributed by atoms with Crippen molar-refractivity contribution in [1.29, 1.82) is 0 Å². The summed E-state index contributed by atoms with van der Waals surface area (Å²) in [6.07, 6.45) is 4.07. The Balaban J connectivity index is 1.85. The molecule has 0 radical (unpaired) electrons. The van der Waals surface area contributed by atoms with E-state index in [4.69, 9.17) is 5.11 Å². The molecule has 1 aliphatic rings. The molecule has 1 fully saturated rings. The summed E-state index contributed by atoms with van der Waals surface area (Å²) in [6.45, 7) is 6.35. The van der Waals surface area contributed by atoms with E-state index in [2.05, 4.69) is 19.2 Å². The smallest absolute Gasteiger partial charge is 0.335 e. The standard InChI is InChI=1S/C16H23NO2/c1-16(2,14-7-4-8-14)11-17-10-12-5-3-6-13(9-12)15(18)19/h3,5-6,9,14,17H,4,7-8,10-11H2,1-2H3,(H,18,19). The number of hydrogen-bond donors (Lipinski definition) is 2. The largest absolute Gasteiger partial charge is 0.478 e. The van der Waals surface area contributed by atoms with Gasteiger partial charge in [0, 0.05) is 13.1 Å². The predicted molar refractivity (Wildman–Crippen MR) is 76.2 cm³/mol. The highest BCUT2D eigenvalue weighted by atomic mass is 16.4. The van der Waals surface area contributed by atoms with Gasteiger partial charge >= 0.3 is 5.97 Å². The van der Waals surface area contributed by atoms with Gasteiger partial charge in [-0.1, -0.05) is 32.4 Å². The molecule has 0 aromatic heterocycles. The van der Waals surface area contributed by atoms with Gasteiger partial charge in [-0.05, 0) is 41.9 Å². The molecule has 0 aliphatic heterocycles.